The van der Waals surface area contributed by atoms with Crippen molar-refractivity contribution in [3.63, 3.8) is 0 Å². The fourth-order valence-corrected chi connectivity index (χ4v) is 8.20. The van der Waals surface area contributed by atoms with Gasteiger partial charge in [0.25, 0.3) is 0 Å². The van der Waals surface area contributed by atoms with Crippen molar-refractivity contribution in [1.29, 1.82) is 0 Å². The predicted molar refractivity (Wildman–Crippen MR) is 260 cm³/mol. The average molecular weight is 961 g/mol. The van der Waals surface area contributed by atoms with Gasteiger partial charge >= 0.3 is 0 Å². The summed E-state index contributed by atoms with van der Waals surface area (Å²) in [5, 5.41) is 21.5. The van der Waals surface area contributed by atoms with Crippen molar-refractivity contribution in [2.24, 2.45) is 22.2 Å². The number of nitrogens with zero attached hydrogens (tertiary/aromatic N) is 2. The van der Waals surface area contributed by atoms with E-state index in [1.807, 2.05) is 60.7 Å². The summed E-state index contributed by atoms with van der Waals surface area (Å²) in [5.74, 6) is -6.22. The van der Waals surface area contributed by atoms with Crippen LogP contribution in [0.25, 0.3) is 21.7 Å². The number of fused-ring (bicyclic) bond motifs is 2. The Bertz CT molecular complexity index is 2700. The topological polar surface area (TPSA) is 356 Å². The Kier molecular flexibility index (Phi) is 18.0. The summed E-state index contributed by atoms with van der Waals surface area (Å²) < 4.78 is 0. The van der Waals surface area contributed by atoms with Gasteiger partial charge in [-0.2, -0.15) is 0 Å². The molecule has 3 heterocycles. The van der Waals surface area contributed by atoms with Crippen LogP contribution in [0, 0.1) is 0 Å². The maximum atomic E-state index is 14.8. The highest BCUT2D eigenvalue weighted by atomic mass is 16.2. The summed E-state index contributed by atoms with van der Waals surface area (Å²) in [4.78, 5) is 125. The van der Waals surface area contributed by atoms with E-state index < -0.39 is 89.9 Å². The molecule has 0 spiro atoms. The van der Waals surface area contributed by atoms with Gasteiger partial charge in [0.1, 0.15) is 36.3 Å². The first-order valence-corrected chi connectivity index (χ1v) is 23.0. The lowest BCUT2D eigenvalue weighted by atomic mass is 9.99. The number of guanidine groups is 1. The van der Waals surface area contributed by atoms with E-state index in [-0.39, 0.29) is 57.6 Å². The molecule has 15 N–H and O–H groups in total. The van der Waals surface area contributed by atoms with Crippen molar-refractivity contribution in [3.05, 3.63) is 102 Å². The molecule has 22 heteroatoms. The predicted octanol–water partition coefficient (Wildman–Crippen LogP) is -0.770. The number of carbonyl (C=O) groups is 8. The van der Waals surface area contributed by atoms with Crippen LogP contribution < -0.4 is 54.4 Å². The molecule has 0 aliphatic carbocycles. The van der Waals surface area contributed by atoms with Crippen molar-refractivity contribution >= 4 is 74.9 Å². The van der Waals surface area contributed by atoms with Crippen molar-refractivity contribution in [2.45, 2.75) is 101 Å². The molecule has 370 valence electrons. The highest BCUT2D eigenvalue weighted by molar-refractivity contribution is 5.98. The number of H-pyrrole nitrogens is 2. The molecular formula is C48H60N14O8. The normalized spacial score (nSPS) is 21.6. The molecule has 6 rings (SSSR count). The fourth-order valence-electron chi connectivity index (χ4n) is 8.20. The van der Waals surface area contributed by atoms with Crippen LogP contribution in [-0.4, -0.2) is 118 Å². The summed E-state index contributed by atoms with van der Waals surface area (Å²) in [6, 6.07) is 12.4. The lowest BCUT2D eigenvalue weighted by Crippen LogP contribution is -2.60. The summed E-state index contributed by atoms with van der Waals surface area (Å²) in [5.41, 5.74) is 19.5. The summed E-state index contributed by atoms with van der Waals surface area (Å²) in [6.45, 7) is 1.35. The second-order valence-corrected chi connectivity index (χ2v) is 17.2. The Morgan fingerprint density at radius 3 is 2.10 bits per heavy atom. The van der Waals surface area contributed by atoms with Gasteiger partial charge in [-0.15, -0.1) is 0 Å². The Morgan fingerprint density at radius 1 is 0.729 bits per heavy atom. The molecule has 70 heavy (non-hydrogen) atoms. The SMILES string of the molecule is CC(=O)NC1CC(=O)NCCCC[C@@H](C(N)=O)NC(=O)[C@H](Cc2c[nH]c3ccccc23)NC(=O)[C@H](CCCN=C(N)N)NC(=O)[C@@H](Cc2ccc3ccccc3c2)NC(=O)[C@H](Cc2cnc[nH]2)NC1=O. The van der Waals surface area contributed by atoms with Gasteiger partial charge in [0.2, 0.25) is 47.3 Å². The maximum absolute atomic E-state index is 14.8. The minimum Gasteiger partial charge on any atom is -0.370 e. The van der Waals surface area contributed by atoms with Crippen LogP contribution in [0.4, 0.5) is 0 Å². The molecule has 6 atom stereocenters. The number of aliphatic imine (C=N–C) groups is 1. The highest BCUT2D eigenvalue weighted by Crippen LogP contribution is 2.21. The largest absolute Gasteiger partial charge is 0.370 e. The third-order valence-electron chi connectivity index (χ3n) is 11.8. The van der Waals surface area contributed by atoms with E-state index in [1.165, 1.54) is 19.4 Å². The fraction of sp³-hybridized carbons (Fsp3) is 0.375. The average Bonchev–Trinajstić information content (AvgIpc) is 4.00. The van der Waals surface area contributed by atoms with E-state index in [9.17, 15) is 38.4 Å². The number of rotatable bonds is 12. The molecule has 0 saturated carbocycles. The van der Waals surface area contributed by atoms with Gasteiger partial charge in [0, 0.05) is 68.3 Å². The lowest BCUT2D eigenvalue weighted by Gasteiger charge is -2.27. The second-order valence-electron chi connectivity index (χ2n) is 17.2. The van der Waals surface area contributed by atoms with Crippen LogP contribution >= 0.6 is 0 Å². The zero-order chi connectivity index (χ0) is 50.2. The zero-order valence-electron chi connectivity index (χ0n) is 38.7. The molecule has 1 aliphatic rings. The molecule has 0 bridgehead atoms. The summed E-state index contributed by atoms with van der Waals surface area (Å²) in [6.07, 6.45) is 4.61. The first kappa shape index (κ1) is 51.1. The van der Waals surface area contributed by atoms with Crippen molar-refractivity contribution in [1.82, 2.24) is 52.2 Å². The number of hydrogen-bond acceptors (Lipinski definition) is 10. The Hall–Kier alpha value is -8.30. The van der Waals surface area contributed by atoms with E-state index in [1.54, 1.807) is 12.3 Å². The van der Waals surface area contributed by atoms with Crippen LogP contribution in [0.15, 0.2) is 90.4 Å². The molecule has 1 saturated heterocycles. The Labute approximate surface area is 402 Å². The highest BCUT2D eigenvalue weighted by Gasteiger charge is 2.34. The van der Waals surface area contributed by atoms with Crippen molar-refractivity contribution in [2.75, 3.05) is 13.1 Å². The van der Waals surface area contributed by atoms with Gasteiger partial charge in [-0.3, -0.25) is 43.3 Å². The molecule has 0 radical (unpaired) electrons. The number of para-hydroxylation sites is 1. The van der Waals surface area contributed by atoms with E-state index in [0.29, 0.717) is 29.7 Å². The molecule has 3 aromatic carbocycles. The molecule has 22 nitrogen and oxygen atoms in total. The number of carbonyl (C=O) groups excluding carboxylic acids is 8. The van der Waals surface area contributed by atoms with E-state index in [0.717, 1.165) is 21.7 Å². The van der Waals surface area contributed by atoms with E-state index >= 15 is 0 Å². The number of benzene rings is 3. The molecule has 2 aromatic heterocycles. The van der Waals surface area contributed by atoms with Crippen LogP contribution in [0.2, 0.25) is 0 Å². The third-order valence-corrected chi connectivity index (χ3v) is 11.8. The molecule has 1 fully saturated rings. The van der Waals surface area contributed by atoms with Crippen LogP contribution in [0.1, 0.15) is 62.3 Å². The standard InChI is InChI=1S/C48H60N14O8/c1-27(63)57-40-23-41(64)53-17-7-6-13-35(42(49)65)58-45(68)38(21-31-24-55-34-12-5-4-11-33(31)34)61-43(66)36(14-8-18-54-48(50)51)59-44(67)37(20-28-15-16-29-9-2-3-10-30(29)19-28)60-46(69)39(62-47(40)70)22-32-25-52-26-56-32/h2-5,9-12,15-16,19,24-26,35-40,55H,6-8,13-14,17-18,20-23H2,1H3,(H2,49,65)(H,52,56)(H,53,64)(H,57,63)(H,58,68)(H,59,67)(H,60,69)(H,61,66)(H,62,70)(H4,50,51,54)/t35-,36-,37+,38-,39-,40?/m0/s1. The van der Waals surface area contributed by atoms with Gasteiger partial charge in [-0.05, 0) is 60.1 Å². The molecule has 5 aromatic rings. The lowest BCUT2D eigenvalue weighted by molar-refractivity contribution is -0.135. The van der Waals surface area contributed by atoms with Crippen LogP contribution in [0.3, 0.4) is 0 Å². The number of amides is 8. The van der Waals surface area contributed by atoms with Gasteiger partial charge in [0.15, 0.2) is 5.96 Å². The number of primary amides is 1. The molecule has 1 aliphatic heterocycles. The summed E-state index contributed by atoms with van der Waals surface area (Å²) >= 11 is 0. The van der Waals surface area contributed by atoms with Gasteiger partial charge in [-0.1, -0.05) is 60.7 Å². The molecule has 8 amide bonds. The second kappa shape index (κ2) is 24.6. The smallest absolute Gasteiger partial charge is 0.243 e. The molecule has 1 unspecified atom stereocenters. The quantitative estimate of drug-likeness (QED) is 0.0419. The number of hydrogen-bond donors (Lipinski definition) is 12. The first-order chi connectivity index (χ1) is 33.6. The number of nitrogens with two attached hydrogens (primary N) is 3. The van der Waals surface area contributed by atoms with Crippen molar-refractivity contribution in [3.8, 4) is 0 Å². The van der Waals surface area contributed by atoms with Crippen LogP contribution in [-0.2, 0) is 57.6 Å². The number of nitrogens with one attached hydrogen (secondary N) is 9. The van der Waals surface area contributed by atoms with E-state index in [2.05, 4.69) is 57.2 Å². The maximum Gasteiger partial charge on any atom is 0.243 e. The Morgan fingerprint density at radius 2 is 1.39 bits per heavy atom. The first-order valence-electron chi connectivity index (χ1n) is 23.0. The van der Waals surface area contributed by atoms with Crippen LogP contribution in [0.5, 0.6) is 0 Å². The Balaban J connectivity index is 1.39. The number of aromatic nitrogens is 3. The molecular weight excluding hydrogens is 901 g/mol. The van der Waals surface area contributed by atoms with Gasteiger partial charge in [0.05, 0.1) is 12.7 Å². The summed E-state index contributed by atoms with van der Waals surface area (Å²) in [7, 11) is 0. The minimum atomic E-state index is -1.42. The van der Waals surface area contributed by atoms with Crippen molar-refractivity contribution < 1.29 is 38.4 Å². The zero-order valence-corrected chi connectivity index (χ0v) is 38.7. The third kappa shape index (κ3) is 14.8. The number of aromatic amines is 2. The van der Waals surface area contributed by atoms with Gasteiger partial charge in [-0.25, -0.2) is 4.98 Å². The van der Waals surface area contributed by atoms with E-state index in [4.69, 9.17) is 17.2 Å². The number of imidazole rings is 1. The van der Waals surface area contributed by atoms with Gasteiger partial charge < -0.3 is 64.4 Å². The minimum absolute atomic E-state index is 0.0356. The monoisotopic (exact) mass is 960 g/mol.